The normalized spacial score (nSPS) is 16.9. The van der Waals surface area contributed by atoms with Crippen molar-refractivity contribution in [1.29, 1.82) is 0 Å². The van der Waals surface area contributed by atoms with Gasteiger partial charge in [-0.2, -0.15) is 4.31 Å². The second-order valence-corrected chi connectivity index (χ2v) is 6.45. The average Bonchev–Trinajstić information content (AvgIpc) is 2.48. The van der Waals surface area contributed by atoms with Crippen molar-refractivity contribution >= 4 is 16.0 Å². The summed E-state index contributed by atoms with van der Waals surface area (Å²) in [5, 5.41) is 2.09. The summed E-state index contributed by atoms with van der Waals surface area (Å²) in [6.07, 6.45) is 0. The molecule has 7 heteroatoms. The molecule has 0 saturated carbocycles. The molecule has 1 fully saturated rings. The zero-order valence-electron chi connectivity index (χ0n) is 11.4. The van der Waals surface area contributed by atoms with E-state index in [0.717, 1.165) is 13.1 Å². The molecular weight excluding hydrogens is 280 g/mol. The van der Waals surface area contributed by atoms with Gasteiger partial charge in [-0.3, -0.25) is 0 Å². The lowest BCUT2D eigenvalue weighted by molar-refractivity contribution is -0.661. The maximum Gasteiger partial charge on any atom is 0.338 e. The van der Waals surface area contributed by atoms with Gasteiger partial charge in [0.1, 0.15) is 0 Å². The summed E-state index contributed by atoms with van der Waals surface area (Å²) in [5.41, 5.74) is 0.359. The van der Waals surface area contributed by atoms with Crippen molar-refractivity contribution in [1.82, 2.24) is 4.31 Å². The molecule has 0 spiro atoms. The van der Waals surface area contributed by atoms with E-state index in [1.807, 2.05) is 0 Å². The first kappa shape index (κ1) is 15.0. The van der Waals surface area contributed by atoms with Gasteiger partial charge < -0.3 is 10.1 Å². The quantitative estimate of drug-likeness (QED) is 0.755. The topological polar surface area (TPSA) is 80.3 Å². The number of hydrogen-bond donors (Lipinski definition) is 1. The Balaban J connectivity index is 2.18. The highest BCUT2D eigenvalue weighted by Gasteiger charge is 2.27. The molecule has 0 amide bonds. The van der Waals surface area contributed by atoms with Gasteiger partial charge in [-0.1, -0.05) is 0 Å². The van der Waals surface area contributed by atoms with Crippen LogP contribution >= 0.6 is 0 Å². The molecule has 1 aromatic carbocycles. The molecule has 0 aromatic heterocycles. The Bertz CT molecular complexity index is 563. The SMILES string of the molecule is CCOC(=O)c1ccc(S(=O)(=O)N2CC[NH2+]CC2)cc1. The number of quaternary nitrogens is 1. The van der Waals surface area contributed by atoms with Crippen molar-refractivity contribution in [2.75, 3.05) is 32.8 Å². The lowest BCUT2D eigenvalue weighted by Crippen LogP contribution is -2.89. The fourth-order valence-corrected chi connectivity index (χ4v) is 3.56. The van der Waals surface area contributed by atoms with Crippen LogP contribution in [0.1, 0.15) is 17.3 Å². The van der Waals surface area contributed by atoms with Crippen molar-refractivity contribution in [3.05, 3.63) is 29.8 Å². The molecule has 2 N–H and O–H groups in total. The number of benzene rings is 1. The minimum atomic E-state index is -3.46. The van der Waals surface area contributed by atoms with Crippen LogP contribution < -0.4 is 5.32 Å². The molecule has 1 aliphatic rings. The number of nitrogens with zero attached hydrogens (tertiary/aromatic N) is 1. The first-order chi connectivity index (χ1) is 9.55. The number of hydrogen-bond acceptors (Lipinski definition) is 4. The van der Waals surface area contributed by atoms with E-state index in [1.54, 1.807) is 6.92 Å². The van der Waals surface area contributed by atoms with Crippen LogP contribution in [0.4, 0.5) is 0 Å². The van der Waals surface area contributed by atoms with Crippen LogP contribution in [0.25, 0.3) is 0 Å². The first-order valence-corrected chi connectivity index (χ1v) is 8.08. The highest BCUT2D eigenvalue weighted by molar-refractivity contribution is 7.89. The highest BCUT2D eigenvalue weighted by atomic mass is 32.2. The van der Waals surface area contributed by atoms with Crippen LogP contribution in [-0.2, 0) is 14.8 Å². The van der Waals surface area contributed by atoms with Gasteiger partial charge in [-0.25, -0.2) is 13.2 Å². The number of ether oxygens (including phenoxy) is 1. The Morgan fingerprint density at radius 1 is 1.25 bits per heavy atom. The second kappa shape index (κ2) is 6.34. The van der Waals surface area contributed by atoms with Crippen LogP contribution in [0.15, 0.2) is 29.2 Å². The lowest BCUT2D eigenvalue weighted by Gasteiger charge is -2.24. The van der Waals surface area contributed by atoms with E-state index in [9.17, 15) is 13.2 Å². The number of piperazine rings is 1. The molecule has 0 bridgehead atoms. The van der Waals surface area contributed by atoms with Gasteiger partial charge in [0.15, 0.2) is 0 Å². The molecule has 0 atom stereocenters. The standard InChI is InChI=1S/C13H18N2O4S/c1-2-19-13(16)11-3-5-12(6-4-11)20(17,18)15-9-7-14-8-10-15/h3-6,14H,2,7-10H2,1H3/p+1. The molecule has 1 saturated heterocycles. The van der Waals surface area contributed by atoms with E-state index in [2.05, 4.69) is 5.32 Å². The predicted molar refractivity (Wildman–Crippen MR) is 72.8 cm³/mol. The van der Waals surface area contributed by atoms with Crippen LogP contribution in [0.5, 0.6) is 0 Å². The maximum absolute atomic E-state index is 12.4. The van der Waals surface area contributed by atoms with E-state index in [0.29, 0.717) is 25.3 Å². The zero-order chi connectivity index (χ0) is 14.6. The molecule has 1 aliphatic heterocycles. The Morgan fingerprint density at radius 2 is 1.85 bits per heavy atom. The van der Waals surface area contributed by atoms with Crippen LogP contribution in [-0.4, -0.2) is 51.5 Å². The molecule has 0 unspecified atom stereocenters. The molecule has 2 rings (SSSR count). The fraction of sp³-hybridized carbons (Fsp3) is 0.462. The van der Waals surface area contributed by atoms with Gasteiger partial charge in [0, 0.05) is 0 Å². The summed E-state index contributed by atoms with van der Waals surface area (Å²) >= 11 is 0. The van der Waals surface area contributed by atoms with E-state index in [4.69, 9.17) is 4.74 Å². The molecule has 1 heterocycles. The highest BCUT2D eigenvalue weighted by Crippen LogP contribution is 2.16. The Labute approximate surface area is 118 Å². The third-order valence-electron chi connectivity index (χ3n) is 3.17. The number of rotatable bonds is 4. The average molecular weight is 299 g/mol. The van der Waals surface area contributed by atoms with Crippen molar-refractivity contribution in [3.8, 4) is 0 Å². The third-order valence-corrected chi connectivity index (χ3v) is 5.08. The van der Waals surface area contributed by atoms with Crippen LogP contribution in [0, 0.1) is 0 Å². The summed E-state index contributed by atoms with van der Waals surface area (Å²) in [5.74, 6) is -0.441. The van der Waals surface area contributed by atoms with Gasteiger partial charge in [0.2, 0.25) is 10.0 Å². The van der Waals surface area contributed by atoms with Crippen molar-refractivity contribution in [2.24, 2.45) is 0 Å². The Hall–Kier alpha value is -1.44. The molecule has 20 heavy (non-hydrogen) atoms. The van der Waals surface area contributed by atoms with Gasteiger partial charge >= 0.3 is 5.97 Å². The monoisotopic (exact) mass is 299 g/mol. The summed E-state index contributed by atoms with van der Waals surface area (Å²) in [6.45, 7) is 4.61. The van der Waals surface area contributed by atoms with Gasteiger partial charge in [-0.15, -0.1) is 0 Å². The minimum Gasteiger partial charge on any atom is -0.462 e. The van der Waals surface area contributed by atoms with Crippen molar-refractivity contribution < 1.29 is 23.3 Å². The van der Waals surface area contributed by atoms with Gasteiger partial charge in [0.05, 0.1) is 43.2 Å². The Kier molecular flexibility index (Phi) is 4.74. The second-order valence-electron chi connectivity index (χ2n) is 4.51. The first-order valence-electron chi connectivity index (χ1n) is 6.64. The Morgan fingerprint density at radius 3 is 2.40 bits per heavy atom. The molecule has 0 radical (unpaired) electrons. The summed E-state index contributed by atoms with van der Waals surface area (Å²) in [6, 6.07) is 5.89. The molecule has 110 valence electrons. The third kappa shape index (κ3) is 3.17. The van der Waals surface area contributed by atoms with Crippen molar-refractivity contribution in [2.45, 2.75) is 11.8 Å². The van der Waals surface area contributed by atoms with Crippen LogP contribution in [0.2, 0.25) is 0 Å². The number of esters is 1. The van der Waals surface area contributed by atoms with Crippen molar-refractivity contribution in [3.63, 3.8) is 0 Å². The number of sulfonamides is 1. The van der Waals surface area contributed by atoms with E-state index in [1.165, 1.54) is 28.6 Å². The lowest BCUT2D eigenvalue weighted by atomic mass is 10.2. The zero-order valence-corrected chi connectivity index (χ0v) is 12.2. The van der Waals surface area contributed by atoms with Gasteiger partial charge in [-0.05, 0) is 31.2 Å². The number of carbonyl (C=O) groups excluding carboxylic acids is 1. The molecular formula is C13H19N2O4S+. The van der Waals surface area contributed by atoms with Gasteiger partial charge in [0.25, 0.3) is 0 Å². The van der Waals surface area contributed by atoms with E-state index < -0.39 is 16.0 Å². The number of carbonyl (C=O) groups is 1. The maximum atomic E-state index is 12.4. The smallest absolute Gasteiger partial charge is 0.338 e. The largest absolute Gasteiger partial charge is 0.462 e. The molecule has 1 aromatic rings. The summed E-state index contributed by atoms with van der Waals surface area (Å²) < 4.78 is 31.1. The fourth-order valence-electron chi connectivity index (χ4n) is 2.09. The summed E-state index contributed by atoms with van der Waals surface area (Å²) in [7, 11) is -3.46. The van der Waals surface area contributed by atoms with Crippen LogP contribution in [0.3, 0.4) is 0 Å². The van der Waals surface area contributed by atoms with E-state index in [-0.39, 0.29) is 4.90 Å². The number of nitrogens with two attached hydrogens (primary N) is 1. The molecule has 6 nitrogen and oxygen atoms in total. The summed E-state index contributed by atoms with van der Waals surface area (Å²) in [4.78, 5) is 11.7. The predicted octanol–water partition coefficient (Wildman–Crippen LogP) is -0.569. The molecule has 0 aliphatic carbocycles. The van der Waals surface area contributed by atoms with E-state index >= 15 is 0 Å². The minimum absolute atomic E-state index is 0.215.